The summed E-state index contributed by atoms with van der Waals surface area (Å²) >= 11 is 0. The van der Waals surface area contributed by atoms with Gasteiger partial charge in [0.15, 0.2) is 0 Å². The molecule has 0 spiro atoms. The predicted molar refractivity (Wildman–Crippen MR) is 78.7 cm³/mol. The molecule has 0 fully saturated rings. The normalized spacial score (nSPS) is 10.8. The van der Waals surface area contributed by atoms with E-state index >= 15 is 0 Å². The molecule has 0 atom stereocenters. The molecule has 0 saturated carbocycles. The molecule has 0 unspecified atom stereocenters. The number of aryl methyl sites for hydroxylation is 1. The van der Waals surface area contributed by atoms with Crippen LogP contribution in [0.5, 0.6) is 0 Å². The number of aliphatic imine (C=N–C) groups is 1. The minimum atomic E-state index is -0.246. The standard InChI is InChI=1S/C16H16N2O/c1-11-6-5-8-14(12(11)2)16(19)18-10-13-7-3-4-9-15(13)17/h3-10H,17H2,1-2H3. The smallest absolute Gasteiger partial charge is 0.277 e. The number of nitrogens with two attached hydrogens (primary N) is 1. The Hall–Kier alpha value is -2.42. The molecule has 0 aliphatic rings. The zero-order valence-electron chi connectivity index (χ0n) is 11.1. The Balaban J connectivity index is 2.27. The van der Waals surface area contributed by atoms with Crippen LogP contribution in [0.25, 0.3) is 0 Å². The highest BCUT2D eigenvalue weighted by Gasteiger charge is 2.08. The first-order chi connectivity index (χ1) is 9.09. The molecule has 0 saturated heterocycles. The van der Waals surface area contributed by atoms with Crippen LogP contribution in [0.15, 0.2) is 47.5 Å². The van der Waals surface area contributed by atoms with E-state index in [9.17, 15) is 4.79 Å². The van der Waals surface area contributed by atoms with Crippen LogP contribution in [0.3, 0.4) is 0 Å². The minimum Gasteiger partial charge on any atom is -0.398 e. The van der Waals surface area contributed by atoms with E-state index in [4.69, 9.17) is 5.73 Å². The van der Waals surface area contributed by atoms with E-state index in [1.807, 2.05) is 44.2 Å². The second-order valence-electron chi connectivity index (χ2n) is 4.44. The average molecular weight is 252 g/mol. The Morgan fingerprint density at radius 2 is 1.84 bits per heavy atom. The molecule has 0 aliphatic heterocycles. The number of rotatable bonds is 2. The van der Waals surface area contributed by atoms with Crippen molar-refractivity contribution in [1.29, 1.82) is 0 Å². The summed E-state index contributed by atoms with van der Waals surface area (Å²) in [4.78, 5) is 16.0. The molecule has 0 heterocycles. The van der Waals surface area contributed by atoms with Crippen LogP contribution in [0.4, 0.5) is 5.69 Å². The molecule has 1 amide bonds. The van der Waals surface area contributed by atoms with E-state index < -0.39 is 0 Å². The molecule has 19 heavy (non-hydrogen) atoms. The topological polar surface area (TPSA) is 55.5 Å². The molecule has 0 radical (unpaired) electrons. The Labute approximate surface area is 112 Å². The lowest BCUT2D eigenvalue weighted by atomic mass is 10.0. The number of amides is 1. The number of carbonyl (C=O) groups is 1. The largest absolute Gasteiger partial charge is 0.398 e. The fraction of sp³-hybridized carbons (Fsp3) is 0.125. The molecule has 2 aromatic carbocycles. The van der Waals surface area contributed by atoms with Gasteiger partial charge in [0.2, 0.25) is 0 Å². The van der Waals surface area contributed by atoms with Crippen molar-refractivity contribution < 1.29 is 4.79 Å². The fourth-order valence-corrected chi connectivity index (χ4v) is 1.81. The van der Waals surface area contributed by atoms with Gasteiger partial charge in [-0.25, -0.2) is 4.99 Å². The van der Waals surface area contributed by atoms with E-state index in [0.29, 0.717) is 11.3 Å². The summed E-state index contributed by atoms with van der Waals surface area (Å²) < 4.78 is 0. The van der Waals surface area contributed by atoms with Gasteiger partial charge in [-0.05, 0) is 37.1 Å². The van der Waals surface area contributed by atoms with Gasteiger partial charge in [-0.3, -0.25) is 4.79 Å². The quantitative estimate of drug-likeness (QED) is 0.659. The zero-order chi connectivity index (χ0) is 13.8. The monoisotopic (exact) mass is 252 g/mol. The van der Waals surface area contributed by atoms with Gasteiger partial charge >= 0.3 is 0 Å². The summed E-state index contributed by atoms with van der Waals surface area (Å²) in [6, 6.07) is 12.9. The molecular weight excluding hydrogens is 236 g/mol. The molecule has 0 bridgehead atoms. The van der Waals surface area contributed by atoms with Gasteiger partial charge in [0.05, 0.1) is 0 Å². The summed E-state index contributed by atoms with van der Waals surface area (Å²) in [5.74, 6) is -0.246. The Bertz CT molecular complexity index is 645. The maximum Gasteiger partial charge on any atom is 0.277 e. The van der Waals surface area contributed by atoms with Gasteiger partial charge < -0.3 is 5.73 Å². The number of anilines is 1. The first kappa shape index (κ1) is 13.0. The Morgan fingerprint density at radius 1 is 1.11 bits per heavy atom. The summed E-state index contributed by atoms with van der Waals surface area (Å²) in [5, 5.41) is 0. The van der Waals surface area contributed by atoms with Crippen molar-refractivity contribution in [1.82, 2.24) is 0 Å². The molecule has 2 rings (SSSR count). The second kappa shape index (κ2) is 5.48. The van der Waals surface area contributed by atoms with E-state index in [0.717, 1.165) is 16.7 Å². The fourth-order valence-electron chi connectivity index (χ4n) is 1.81. The van der Waals surface area contributed by atoms with Crippen LogP contribution in [-0.4, -0.2) is 12.1 Å². The number of nitrogen functional groups attached to an aromatic ring is 1. The summed E-state index contributed by atoms with van der Waals surface area (Å²) in [5.41, 5.74) is 9.84. The third kappa shape index (κ3) is 2.88. The SMILES string of the molecule is Cc1cccc(C(=O)N=Cc2ccccc2N)c1C. The number of benzene rings is 2. The van der Waals surface area contributed by atoms with Gasteiger partial charge in [-0.1, -0.05) is 30.3 Å². The molecule has 2 N–H and O–H groups in total. The van der Waals surface area contributed by atoms with Crippen molar-refractivity contribution >= 4 is 17.8 Å². The van der Waals surface area contributed by atoms with Crippen LogP contribution in [0, 0.1) is 13.8 Å². The lowest BCUT2D eigenvalue weighted by molar-refractivity contribution is 0.100. The maximum absolute atomic E-state index is 12.1. The van der Waals surface area contributed by atoms with Gasteiger partial charge in [0.1, 0.15) is 0 Å². The molecular formula is C16H16N2O. The molecule has 3 nitrogen and oxygen atoms in total. The van der Waals surface area contributed by atoms with E-state index in [-0.39, 0.29) is 5.91 Å². The number of nitrogens with zero attached hydrogens (tertiary/aromatic N) is 1. The third-order valence-electron chi connectivity index (χ3n) is 3.15. The summed E-state index contributed by atoms with van der Waals surface area (Å²) in [7, 11) is 0. The van der Waals surface area contributed by atoms with E-state index in [1.54, 1.807) is 12.1 Å². The lowest BCUT2D eigenvalue weighted by Gasteiger charge is -2.04. The summed E-state index contributed by atoms with van der Waals surface area (Å²) in [6.07, 6.45) is 1.51. The number of para-hydroxylation sites is 1. The summed E-state index contributed by atoms with van der Waals surface area (Å²) in [6.45, 7) is 3.90. The predicted octanol–water partition coefficient (Wildman–Crippen LogP) is 3.14. The molecule has 2 aromatic rings. The lowest BCUT2D eigenvalue weighted by Crippen LogP contribution is -2.01. The number of carbonyl (C=O) groups excluding carboxylic acids is 1. The first-order valence-corrected chi connectivity index (χ1v) is 6.08. The van der Waals surface area contributed by atoms with Crippen LogP contribution >= 0.6 is 0 Å². The van der Waals surface area contributed by atoms with Crippen molar-refractivity contribution in [2.75, 3.05) is 5.73 Å². The van der Waals surface area contributed by atoms with Crippen LogP contribution in [0.2, 0.25) is 0 Å². The van der Waals surface area contributed by atoms with Crippen LogP contribution in [0.1, 0.15) is 27.0 Å². The first-order valence-electron chi connectivity index (χ1n) is 6.08. The Morgan fingerprint density at radius 3 is 2.58 bits per heavy atom. The van der Waals surface area contributed by atoms with Crippen molar-refractivity contribution in [3.63, 3.8) is 0 Å². The van der Waals surface area contributed by atoms with Crippen molar-refractivity contribution in [2.24, 2.45) is 4.99 Å². The van der Waals surface area contributed by atoms with Gasteiger partial charge in [0.25, 0.3) is 5.91 Å². The van der Waals surface area contributed by atoms with E-state index in [1.165, 1.54) is 6.21 Å². The number of hydrogen-bond donors (Lipinski definition) is 1. The molecule has 96 valence electrons. The highest BCUT2D eigenvalue weighted by atomic mass is 16.1. The molecule has 0 aromatic heterocycles. The van der Waals surface area contributed by atoms with Crippen molar-refractivity contribution in [3.8, 4) is 0 Å². The van der Waals surface area contributed by atoms with Gasteiger partial charge in [-0.15, -0.1) is 0 Å². The van der Waals surface area contributed by atoms with E-state index in [2.05, 4.69) is 4.99 Å². The molecule has 0 aliphatic carbocycles. The average Bonchev–Trinajstić information content (AvgIpc) is 2.40. The van der Waals surface area contributed by atoms with Gasteiger partial charge in [0, 0.05) is 23.0 Å². The highest BCUT2D eigenvalue weighted by Crippen LogP contribution is 2.14. The molecule has 3 heteroatoms. The van der Waals surface area contributed by atoms with Crippen molar-refractivity contribution in [2.45, 2.75) is 13.8 Å². The van der Waals surface area contributed by atoms with Crippen LogP contribution in [-0.2, 0) is 0 Å². The maximum atomic E-state index is 12.1. The zero-order valence-corrected chi connectivity index (χ0v) is 11.1. The van der Waals surface area contributed by atoms with Crippen LogP contribution < -0.4 is 5.73 Å². The second-order valence-corrected chi connectivity index (χ2v) is 4.44. The van der Waals surface area contributed by atoms with Gasteiger partial charge in [-0.2, -0.15) is 0 Å². The Kier molecular flexibility index (Phi) is 3.76. The minimum absolute atomic E-state index is 0.246. The highest BCUT2D eigenvalue weighted by molar-refractivity contribution is 6.03. The third-order valence-corrected chi connectivity index (χ3v) is 3.15. The van der Waals surface area contributed by atoms with Crippen molar-refractivity contribution in [3.05, 3.63) is 64.7 Å². The number of hydrogen-bond acceptors (Lipinski definition) is 2.